The van der Waals surface area contributed by atoms with Crippen molar-refractivity contribution in [1.82, 2.24) is 15.5 Å². The van der Waals surface area contributed by atoms with Crippen LogP contribution in [0.5, 0.6) is 0 Å². The number of urea groups is 1. The fourth-order valence-electron chi connectivity index (χ4n) is 1.20. The van der Waals surface area contributed by atoms with Gasteiger partial charge in [-0.2, -0.15) is 0 Å². The lowest BCUT2D eigenvalue weighted by Gasteiger charge is -2.20. The van der Waals surface area contributed by atoms with Crippen molar-refractivity contribution >= 4 is 12.0 Å². The van der Waals surface area contributed by atoms with Crippen LogP contribution >= 0.6 is 0 Å². The van der Waals surface area contributed by atoms with Crippen molar-refractivity contribution in [1.29, 1.82) is 0 Å². The highest BCUT2D eigenvalue weighted by Crippen LogP contribution is 1.92. The van der Waals surface area contributed by atoms with Crippen LogP contribution in [0, 0.1) is 0 Å². The highest BCUT2D eigenvalue weighted by atomic mass is 16.5. The molecule has 100 valence electrons. The maximum Gasteiger partial charge on any atom is 0.328 e. The average Bonchev–Trinajstić information content (AvgIpc) is 2.28. The van der Waals surface area contributed by atoms with Crippen LogP contribution in [-0.4, -0.2) is 69.0 Å². The summed E-state index contributed by atoms with van der Waals surface area (Å²) >= 11 is 0. The number of methoxy groups -OCH3 is 1. The highest BCUT2D eigenvalue weighted by molar-refractivity contribution is 5.82. The topological polar surface area (TPSA) is 90.9 Å². The minimum atomic E-state index is -1.11. The molecule has 3 N–H and O–H groups in total. The second-order valence-electron chi connectivity index (χ2n) is 3.67. The van der Waals surface area contributed by atoms with Gasteiger partial charge in [0.1, 0.15) is 0 Å². The second-order valence-corrected chi connectivity index (χ2v) is 3.67. The Balaban J connectivity index is 4.06. The zero-order chi connectivity index (χ0) is 13.3. The summed E-state index contributed by atoms with van der Waals surface area (Å²) in [7, 11) is 4.84. The number of carboxylic acid groups (broad SMARTS) is 1. The molecule has 0 rings (SSSR count). The molecule has 0 aliphatic heterocycles. The van der Waals surface area contributed by atoms with E-state index < -0.39 is 18.0 Å². The number of hydrogen-bond donors (Lipinski definition) is 3. The Morgan fingerprint density at radius 1 is 1.47 bits per heavy atom. The zero-order valence-electron chi connectivity index (χ0n) is 10.5. The van der Waals surface area contributed by atoms with Gasteiger partial charge in [-0.15, -0.1) is 0 Å². The molecular weight excluding hydrogens is 226 g/mol. The summed E-state index contributed by atoms with van der Waals surface area (Å²) in [4.78, 5) is 23.8. The number of amides is 2. The Bertz CT molecular complexity index is 248. The molecule has 0 radical (unpaired) electrons. The molecule has 0 aliphatic rings. The van der Waals surface area contributed by atoms with Crippen LogP contribution in [0.25, 0.3) is 0 Å². The van der Waals surface area contributed by atoms with Gasteiger partial charge in [-0.05, 0) is 20.0 Å². The molecule has 0 aromatic rings. The average molecular weight is 247 g/mol. The largest absolute Gasteiger partial charge is 0.480 e. The molecule has 0 aromatic heterocycles. The molecule has 0 saturated heterocycles. The molecule has 0 fully saturated rings. The quantitative estimate of drug-likeness (QED) is 0.495. The van der Waals surface area contributed by atoms with Crippen LogP contribution < -0.4 is 10.6 Å². The van der Waals surface area contributed by atoms with E-state index in [0.717, 1.165) is 13.0 Å². The lowest BCUT2D eigenvalue weighted by Crippen LogP contribution is -2.49. The van der Waals surface area contributed by atoms with Gasteiger partial charge >= 0.3 is 12.0 Å². The molecule has 0 aliphatic carbocycles. The number of carboxylic acids is 1. The van der Waals surface area contributed by atoms with E-state index in [1.807, 2.05) is 7.05 Å². The van der Waals surface area contributed by atoms with Gasteiger partial charge in [0, 0.05) is 20.7 Å². The molecule has 1 unspecified atom stereocenters. The molecular formula is C10H21N3O4. The third-order valence-corrected chi connectivity index (χ3v) is 2.20. The predicted octanol–water partition coefficient (Wildman–Crippen LogP) is -0.663. The first kappa shape index (κ1) is 15.7. The van der Waals surface area contributed by atoms with Gasteiger partial charge in [0.2, 0.25) is 0 Å². The van der Waals surface area contributed by atoms with E-state index in [1.165, 1.54) is 12.0 Å². The summed E-state index contributed by atoms with van der Waals surface area (Å²) < 4.78 is 4.72. The lowest BCUT2D eigenvalue weighted by molar-refractivity contribution is -0.140. The van der Waals surface area contributed by atoms with Crippen molar-refractivity contribution in [2.45, 2.75) is 12.5 Å². The summed E-state index contributed by atoms with van der Waals surface area (Å²) in [6.07, 6.45) is 0.808. The number of nitrogens with zero attached hydrogens (tertiary/aromatic N) is 1. The summed E-state index contributed by atoms with van der Waals surface area (Å²) in [6.45, 7) is 1.31. The van der Waals surface area contributed by atoms with E-state index in [4.69, 9.17) is 9.84 Å². The zero-order valence-corrected chi connectivity index (χ0v) is 10.5. The van der Waals surface area contributed by atoms with Crippen LogP contribution in [0.1, 0.15) is 6.42 Å². The number of carbonyl (C=O) groups is 2. The van der Waals surface area contributed by atoms with Crippen molar-refractivity contribution < 1.29 is 19.4 Å². The molecule has 2 amide bonds. The van der Waals surface area contributed by atoms with Crippen LogP contribution in [0.2, 0.25) is 0 Å². The smallest absolute Gasteiger partial charge is 0.328 e. The first-order valence-electron chi connectivity index (χ1n) is 5.40. The van der Waals surface area contributed by atoms with Crippen LogP contribution in [0.15, 0.2) is 0 Å². The molecule has 0 spiro atoms. The number of aliphatic carboxylic acids is 1. The van der Waals surface area contributed by atoms with Gasteiger partial charge in [-0.3, -0.25) is 0 Å². The van der Waals surface area contributed by atoms with Crippen LogP contribution in [-0.2, 0) is 9.53 Å². The molecule has 0 bridgehead atoms. The van der Waals surface area contributed by atoms with Gasteiger partial charge < -0.3 is 25.4 Å². The lowest BCUT2D eigenvalue weighted by atomic mass is 10.3. The molecule has 0 aromatic carbocycles. The Kier molecular flexibility index (Phi) is 8.08. The van der Waals surface area contributed by atoms with Crippen molar-refractivity contribution in [2.24, 2.45) is 0 Å². The second kappa shape index (κ2) is 8.77. The number of hydrogen-bond acceptors (Lipinski definition) is 4. The van der Waals surface area contributed by atoms with Crippen molar-refractivity contribution in [2.75, 3.05) is 40.9 Å². The van der Waals surface area contributed by atoms with Gasteiger partial charge in [0.15, 0.2) is 6.04 Å². The third kappa shape index (κ3) is 6.75. The highest BCUT2D eigenvalue weighted by Gasteiger charge is 2.21. The predicted molar refractivity (Wildman–Crippen MR) is 63.0 cm³/mol. The maximum atomic E-state index is 11.6. The molecule has 7 nitrogen and oxygen atoms in total. The summed E-state index contributed by atoms with van der Waals surface area (Å²) in [5.74, 6) is -1.11. The molecule has 7 heteroatoms. The van der Waals surface area contributed by atoms with E-state index in [0.29, 0.717) is 6.54 Å². The molecule has 17 heavy (non-hydrogen) atoms. The first-order valence-corrected chi connectivity index (χ1v) is 5.40. The summed E-state index contributed by atoms with van der Waals surface area (Å²) in [5, 5.41) is 14.2. The van der Waals surface area contributed by atoms with Crippen molar-refractivity contribution in [3.05, 3.63) is 0 Å². The Hall–Kier alpha value is -1.34. The van der Waals surface area contributed by atoms with Crippen molar-refractivity contribution in [3.8, 4) is 0 Å². The van der Waals surface area contributed by atoms with E-state index >= 15 is 0 Å². The van der Waals surface area contributed by atoms with E-state index in [9.17, 15) is 9.59 Å². The molecule has 1 atom stereocenters. The van der Waals surface area contributed by atoms with E-state index in [1.54, 1.807) is 7.05 Å². The minimum absolute atomic E-state index is 0.0502. The van der Waals surface area contributed by atoms with E-state index in [2.05, 4.69) is 10.6 Å². The molecule has 0 heterocycles. The van der Waals surface area contributed by atoms with Crippen molar-refractivity contribution in [3.63, 3.8) is 0 Å². The fourth-order valence-corrected chi connectivity index (χ4v) is 1.20. The van der Waals surface area contributed by atoms with Gasteiger partial charge in [0.25, 0.3) is 0 Å². The summed E-state index contributed by atoms with van der Waals surface area (Å²) in [5.41, 5.74) is 0. The Morgan fingerprint density at radius 3 is 2.59 bits per heavy atom. The number of nitrogens with one attached hydrogen (secondary N) is 2. The standard InChI is InChI=1S/C10H21N3O4/c1-11-5-4-6-13(2)10(16)12-8(7-17-3)9(14)15/h8,11H,4-7H2,1-3H3,(H,12,16)(H,14,15). The van der Waals surface area contributed by atoms with E-state index in [-0.39, 0.29) is 6.61 Å². The normalized spacial score (nSPS) is 11.9. The van der Waals surface area contributed by atoms with Gasteiger partial charge in [0.05, 0.1) is 6.61 Å². The number of ether oxygens (including phenoxy) is 1. The number of carbonyl (C=O) groups excluding carboxylic acids is 1. The Labute approximate surface area is 101 Å². The SMILES string of the molecule is CNCCCN(C)C(=O)NC(COC)C(=O)O. The van der Waals surface area contributed by atoms with Crippen LogP contribution in [0.3, 0.4) is 0 Å². The maximum absolute atomic E-state index is 11.6. The summed E-state index contributed by atoms with van der Waals surface area (Å²) in [6, 6.07) is -1.43. The van der Waals surface area contributed by atoms with Gasteiger partial charge in [-0.1, -0.05) is 0 Å². The third-order valence-electron chi connectivity index (χ3n) is 2.20. The molecule has 0 saturated carbocycles. The Morgan fingerprint density at radius 2 is 2.12 bits per heavy atom. The fraction of sp³-hybridized carbons (Fsp3) is 0.800. The van der Waals surface area contributed by atoms with Gasteiger partial charge in [-0.25, -0.2) is 9.59 Å². The first-order chi connectivity index (χ1) is 8.02. The number of rotatable bonds is 8. The van der Waals surface area contributed by atoms with Crippen LogP contribution in [0.4, 0.5) is 4.79 Å². The monoisotopic (exact) mass is 247 g/mol. The minimum Gasteiger partial charge on any atom is -0.480 e.